The number of carbonyl (C=O) groups excluding carboxylic acids is 3. The van der Waals surface area contributed by atoms with Crippen molar-refractivity contribution in [3.05, 3.63) is 71.8 Å². The fourth-order valence-corrected chi connectivity index (χ4v) is 10.6. The summed E-state index contributed by atoms with van der Waals surface area (Å²) in [6, 6.07) is 22.1. The lowest BCUT2D eigenvalue weighted by Gasteiger charge is -2.36. The van der Waals surface area contributed by atoms with E-state index in [0.29, 0.717) is 50.0 Å². The number of hydrogen-bond acceptors (Lipinski definition) is 10. The molecule has 8 atom stereocenters. The first-order chi connectivity index (χ1) is 29.9. The predicted molar refractivity (Wildman–Crippen MR) is 233 cm³/mol. The van der Waals surface area contributed by atoms with E-state index in [0.717, 1.165) is 89.2 Å². The van der Waals surface area contributed by atoms with Crippen LogP contribution in [-0.2, 0) is 23.8 Å². The molecule has 2 unspecified atom stereocenters. The minimum absolute atomic E-state index is 0.00758. The first-order valence-corrected chi connectivity index (χ1v) is 22.7. The van der Waals surface area contributed by atoms with Crippen molar-refractivity contribution < 1.29 is 28.6 Å². The van der Waals surface area contributed by atoms with Gasteiger partial charge in [0, 0.05) is 51.4 Å². The zero-order chi connectivity index (χ0) is 41.5. The topological polar surface area (TPSA) is 155 Å². The third kappa shape index (κ3) is 8.86. The van der Waals surface area contributed by atoms with Crippen molar-refractivity contribution in [2.24, 2.45) is 33.7 Å². The minimum Gasteiger partial charge on any atom is -0.453 e. The molecule has 7 aliphatic rings. The van der Waals surface area contributed by atoms with Crippen LogP contribution in [0.5, 0.6) is 0 Å². The first-order valence-electron chi connectivity index (χ1n) is 22.7. The van der Waals surface area contributed by atoms with Crippen molar-refractivity contribution in [3.63, 3.8) is 0 Å². The molecule has 0 radical (unpaired) electrons. The van der Waals surface area contributed by atoms with E-state index < -0.39 is 12.1 Å². The molecule has 61 heavy (non-hydrogen) atoms. The van der Waals surface area contributed by atoms with Crippen LogP contribution in [0.15, 0.2) is 70.6 Å². The van der Waals surface area contributed by atoms with E-state index in [1.165, 1.54) is 40.1 Å². The van der Waals surface area contributed by atoms with Crippen molar-refractivity contribution >= 4 is 40.4 Å². The van der Waals surface area contributed by atoms with Crippen LogP contribution in [0.2, 0.25) is 0 Å². The highest BCUT2D eigenvalue weighted by molar-refractivity contribution is 5.96. The fourth-order valence-electron chi connectivity index (χ4n) is 10.6. The zero-order valence-corrected chi connectivity index (χ0v) is 35.2. The summed E-state index contributed by atoms with van der Waals surface area (Å²) in [7, 11) is 1.34. The van der Waals surface area contributed by atoms with Crippen molar-refractivity contribution in [1.29, 1.82) is 0 Å². The number of nitrogens with zero attached hydrogens (tertiary/aromatic N) is 3. The molecule has 5 fully saturated rings. The number of likely N-dealkylation sites (tertiary alicyclic amines) is 1. The van der Waals surface area contributed by atoms with E-state index in [4.69, 9.17) is 24.2 Å². The van der Waals surface area contributed by atoms with E-state index in [9.17, 15) is 14.4 Å². The summed E-state index contributed by atoms with van der Waals surface area (Å²) < 4.78 is 15.9. The SMILES string of the molecule is COC(=O)N[C@H](C(=O)N1[C@@H]2C[C@@H]2C[C@H]1C1=NCC(c2ccc3cc(-c4ccc(C5CN=C(CC[C@H]6C[C@H]6NC(=O)CC6CCOCC6)N5)cc4)ccc3c2)N1)C1CCOCC1. The molecule has 3 saturated heterocycles. The van der Waals surface area contributed by atoms with Gasteiger partial charge in [0.2, 0.25) is 11.8 Å². The lowest BCUT2D eigenvalue weighted by Crippen LogP contribution is -2.57. The Balaban J connectivity index is 0.715. The lowest BCUT2D eigenvalue weighted by atomic mass is 9.90. The summed E-state index contributed by atoms with van der Waals surface area (Å²) in [5.74, 6) is 3.62. The van der Waals surface area contributed by atoms with Gasteiger partial charge >= 0.3 is 6.09 Å². The molecule has 3 aromatic rings. The number of hydrogen-bond donors (Lipinski definition) is 4. The summed E-state index contributed by atoms with van der Waals surface area (Å²) in [5, 5.41) is 15.9. The number of piperidine rings is 1. The van der Waals surface area contributed by atoms with Crippen LogP contribution in [0.1, 0.15) is 87.4 Å². The molecule has 5 heterocycles. The molecule has 4 N–H and O–H groups in total. The number of alkyl carbamates (subject to hydrolysis) is 1. The second kappa shape index (κ2) is 17.4. The molecule has 322 valence electrons. The number of aliphatic imine (C=N–C) groups is 2. The van der Waals surface area contributed by atoms with Crippen molar-refractivity contribution in [3.8, 4) is 11.1 Å². The highest BCUT2D eigenvalue weighted by Crippen LogP contribution is 2.49. The van der Waals surface area contributed by atoms with Gasteiger partial charge in [-0.3, -0.25) is 19.6 Å². The molecule has 10 rings (SSSR count). The third-order valence-electron chi connectivity index (χ3n) is 14.5. The molecular formula is C48H59N7O6. The van der Waals surface area contributed by atoms with Gasteiger partial charge in [0.25, 0.3) is 0 Å². The summed E-state index contributed by atoms with van der Waals surface area (Å²) >= 11 is 0. The van der Waals surface area contributed by atoms with Gasteiger partial charge < -0.3 is 40.4 Å². The average molecular weight is 830 g/mol. The molecule has 2 saturated carbocycles. The lowest BCUT2D eigenvalue weighted by molar-refractivity contribution is -0.136. The molecular weight excluding hydrogens is 771 g/mol. The molecule has 0 aromatic heterocycles. The van der Waals surface area contributed by atoms with Gasteiger partial charge in [-0.15, -0.1) is 0 Å². The van der Waals surface area contributed by atoms with E-state index >= 15 is 0 Å². The molecule has 0 spiro atoms. The Kier molecular flexibility index (Phi) is 11.4. The Morgan fingerprint density at radius 2 is 1.52 bits per heavy atom. The normalized spacial score (nSPS) is 28.9. The largest absolute Gasteiger partial charge is 0.453 e. The Morgan fingerprint density at radius 1 is 0.820 bits per heavy atom. The number of methoxy groups -OCH3 is 1. The van der Waals surface area contributed by atoms with E-state index in [2.05, 4.69) is 81.9 Å². The van der Waals surface area contributed by atoms with Crippen LogP contribution >= 0.6 is 0 Å². The van der Waals surface area contributed by atoms with Gasteiger partial charge in [-0.2, -0.15) is 0 Å². The number of benzene rings is 3. The van der Waals surface area contributed by atoms with Crippen LogP contribution in [0, 0.1) is 23.7 Å². The quantitative estimate of drug-likeness (QED) is 0.168. The van der Waals surface area contributed by atoms with Crippen LogP contribution in [0.4, 0.5) is 4.79 Å². The predicted octanol–water partition coefficient (Wildman–Crippen LogP) is 5.83. The Hall–Kier alpha value is -5.01. The molecule has 2 aliphatic carbocycles. The number of rotatable bonds is 13. The summed E-state index contributed by atoms with van der Waals surface area (Å²) in [4.78, 5) is 51.0. The number of nitrogens with one attached hydrogen (secondary N) is 4. The number of ether oxygens (including phenoxy) is 3. The van der Waals surface area contributed by atoms with Crippen molar-refractivity contribution in [1.82, 2.24) is 26.2 Å². The number of amidine groups is 2. The molecule has 13 heteroatoms. The second-order valence-electron chi connectivity index (χ2n) is 18.4. The number of fused-ring (bicyclic) bond motifs is 2. The van der Waals surface area contributed by atoms with Gasteiger partial charge in [0.1, 0.15) is 11.9 Å². The average Bonchev–Trinajstić information content (AvgIpc) is 3.98. The molecule has 5 aliphatic heterocycles. The minimum atomic E-state index is -0.640. The Morgan fingerprint density at radius 3 is 2.33 bits per heavy atom. The molecule has 0 bridgehead atoms. The highest BCUT2D eigenvalue weighted by Gasteiger charge is 2.57. The molecule has 3 amide bonds. The highest BCUT2D eigenvalue weighted by atomic mass is 16.5. The van der Waals surface area contributed by atoms with E-state index in [1.807, 2.05) is 4.90 Å². The first kappa shape index (κ1) is 40.1. The molecule has 3 aromatic carbocycles. The van der Waals surface area contributed by atoms with E-state index in [1.54, 1.807) is 0 Å². The van der Waals surface area contributed by atoms with Crippen LogP contribution in [-0.4, -0.2) is 105 Å². The maximum absolute atomic E-state index is 14.2. The third-order valence-corrected chi connectivity index (χ3v) is 14.5. The summed E-state index contributed by atoms with van der Waals surface area (Å²) in [6.07, 6.45) is 8.43. The van der Waals surface area contributed by atoms with Crippen LogP contribution in [0.25, 0.3) is 21.9 Å². The van der Waals surface area contributed by atoms with Crippen molar-refractivity contribution in [2.45, 2.75) is 100 Å². The summed E-state index contributed by atoms with van der Waals surface area (Å²) in [5.41, 5.74) is 4.77. The van der Waals surface area contributed by atoms with Gasteiger partial charge in [-0.05, 0) is 120 Å². The fraction of sp³-hybridized carbons (Fsp3) is 0.562. The standard InChI is InChI=1S/C48H59N7O6/c1-59-48(58)54-45(31-14-18-61-19-15-31)47(57)55-41-24-37(41)25-42(55)46-50-27-40(53-46)35-9-8-33-21-32(6-7-34(33)22-35)29-2-4-30(5-3-29)39-26-49-43(51-39)11-10-36-23-38(36)52-44(56)20-28-12-16-60-17-13-28/h2-9,21-22,28,31,36-42,45H,10-20,23-27H2,1H3,(H,49,51)(H,50,53)(H,52,56)(H,54,58)/t36-,37+,38+,39?,40?,41+,42-,45-/m0/s1. The Bertz CT molecular complexity index is 2180. The molecule has 13 nitrogen and oxygen atoms in total. The van der Waals surface area contributed by atoms with Gasteiger partial charge in [-0.1, -0.05) is 48.5 Å². The zero-order valence-electron chi connectivity index (χ0n) is 35.2. The second-order valence-corrected chi connectivity index (χ2v) is 18.4. The summed E-state index contributed by atoms with van der Waals surface area (Å²) in [6.45, 7) is 4.09. The maximum atomic E-state index is 14.2. The van der Waals surface area contributed by atoms with Crippen molar-refractivity contribution in [2.75, 3.05) is 46.6 Å². The Labute approximate surface area is 357 Å². The van der Waals surface area contributed by atoms with Gasteiger partial charge in [-0.25, -0.2) is 4.79 Å². The van der Waals surface area contributed by atoms with Gasteiger partial charge in [0.05, 0.1) is 44.2 Å². The maximum Gasteiger partial charge on any atom is 0.407 e. The van der Waals surface area contributed by atoms with Gasteiger partial charge in [0.15, 0.2) is 0 Å². The van der Waals surface area contributed by atoms with Crippen LogP contribution < -0.4 is 21.3 Å². The monoisotopic (exact) mass is 829 g/mol. The smallest absolute Gasteiger partial charge is 0.407 e. The number of amides is 3. The van der Waals surface area contributed by atoms with E-state index in [-0.39, 0.29) is 41.9 Å². The van der Waals surface area contributed by atoms with Crippen LogP contribution in [0.3, 0.4) is 0 Å². The number of carbonyl (C=O) groups is 3.